The molecule has 3 heteroatoms. The molecule has 0 fully saturated rings. The molecule has 2 N–H and O–H groups in total. The number of rotatable bonds is 7. The van der Waals surface area contributed by atoms with Gasteiger partial charge >= 0.3 is 0 Å². The summed E-state index contributed by atoms with van der Waals surface area (Å²) in [4.78, 5) is 0. The summed E-state index contributed by atoms with van der Waals surface area (Å²) in [7, 11) is 2.03. The summed E-state index contributed by atoms with van der Waals surface area (Å²) >= 11 is 1.91. The van der Waals surface area contributed by atoms with Crippen LogP contribution in [0.5, 0.6) is 0 Å². The number of benzene rings is 1. The Balaban J connectivity index is 2.75. The van der Waals surface area contributed by atoms with Crippen molar-refractivity contribution in [2.75, 3.05) is 25.2 Å². The molecule has 1 aromatic rings. The van der Waals surface area contributed by atoms with Gasteiger partial charge in [0.2, 0.25) is 0 Å². The summed E-state index contributed by atoms with van der Waals surface area (Å²) in [5.74, 6) is 2.44. The highest BCUT2D eigenvalue weighted by Crippen LogP contribution is 2.26. The molecule has 0 saturated heterocycles. The van der Waals surface area contributed by atoms with E-state index in [9.17, 15) is 0 Å². The van der Waals surface area contributed by atoms with Gasteiger partial charge in [0.25, 0.3) is 0 Å². The smallest absolute Gasteiger partial charge is 0.0464 e. The normalized spacial score (nSPS) is 14.4. The third kappa shape index (κ3) is 4.83. The lowest BCUT2D eigenvalue weighted by Gasteiger charge is -2.22. The number of aryl methyl sites for hydroxylation is 3. The van der Waals surface area contributed by atoms with Gasteiger partial charge in [-0.15, -0.1) is 0 Å². The van der Waals surface area contributed by atoms with Crippen LogP contribution in [0.4, 0.5) is 0 Å². The van der Waals surface area contributed by atoms with Crippen LogP contribution in [0, 0.1) is 26.7 Å². The first kappa shape index (κ1) is 16.5. The summed E-state index contributed by atoms with van der Waals surface area (Å²) in [6.07, 6.45) is 0. The number of hydrogen-bond donors (Lipinski definition) is 2. The Hall–Kier alpha value is -0.510. The molecule has 19 heavy (non-hydrogen) atoms. The lowest BCUT2D eigenvalue weighted by Crippen LogP contribution is -2.21. The summed E-state index contributed by atoms with van der Waals surface area (Å²) < 4.78 is 0. The van der Waals surface area contributed by atoms with E-state index < -0.39 is 0 Å². The van der Waals surface area contributed by atoms with Crippen LogP contribution < -0.4 is 5.32 Å². The number of aliphatic hydroxyl groups is 1. The van der Waals surface area contributed by atoms with Gasteiger partial charge in [0.15, 0.2) is 0 Å². The molecule has 0 aromatic heterocycles. The molecule has 108 valence electrons. The summed E-state index contributed by atoms with van der Waals surface area (Å²) in [5, 5.41) is 12.5. The molecular weight excluding hydrogens is 254 g/mol. The highest BCUT2D eigenvalue weighted by atomic mass is 32.2. The molecule has 0 bridgehead atoms. The van der Waals surface area contributed by atoms with E-state index in [2.05, 4.69) is 45.1 Å². The van der Waals surface area contributed by atoms with Crippen LogP contribution in [0.3, 0.4) is 0 Å². The second-order valence-corrected chi connectivity index (χ2v) is 6.55. The van der Waals surface area contributed by atoms with Crippen LogP contribution in [0.15, 0.2) is 12.1 Å². The Morgan fingerprint density at radius 1 is 1.16 bits per heavy atom. The van der Waals surface area contributed by atoms with Crippen LogP contribution in [-0.2, 0) is 0 Å². The number of nitrogens with one attached hydrogen (secondary N) is 1. The highest BCUT2D eigenvalue weighted by Gasteiger charge is 2.15. The lowest BCUT2D eigenvalue weighted by atomic mass is 9.95. The van der Waals surface area contributed by atoms with Crippen LogP contribution in [0.2, 0.25) is 0 Å². The van der Waals surface area contributed by atoms with Crippen molar-refractivity contribution in [2.24, 2.45) is 5.92 Å². The average Bonchev–Trinajstić information content (AvgIpc) is 2.35. The van der Waals surface area contributed by atoms with Crippen molar-refractivity contribution in [3.63, 3.8) is 0 Å². The first-order valence-electron chi connectivity index (χ1n) is 6.93. The van der Waals surface area contributed by atoms with Gasteiger partial charge in [0.1, 0.15) is 0 Å². The molecule has 2 unspecified atom stereocenters. The second-order valence-electron chi connectivity index (χ2n) is 5.48. The quantitative estimate of drug-likeness (QED) is 0.805. The number of hydrogen-bond acceptors (Lipinski definition) is 3. The molecule has 0 amide bonds. The second kappa shape index (κ2) is 7.93. The zero-order valence-electron chi connectivity index (χ0n) is 12.8. The van der Waals surface area contributed by atoms with Gasteiger partial charge in [-0.2, -0.15) is 11.8 Å². The third-order valence-corrected chi connectivity index (χ3v) is 4.81. The highest BCUT2D eigenvalue weighted by molar-refractivity contribution is 7.99. The maximum absolute atomic E-state index is 9.06. The van der Waals surface area contributed by atoms with Crippen molar-refractivity contribution in [1.29, 1.82) is 0 Å². The molecule has 0 heterocycles. The van der Waals surface area contributed by atoms with Gasteiger partial charge in [0, 0.05) is 18.4 Å². The van der Waals surface area contributed by atoms with Crippen molar-refractivity contribution < 1.29 is 5.11 Å². The molecule has 1 aromatic carbocycles. The topological polar surface area (TPSA) is 32.3 Å². The monoisotopic (exact) mass is 281 g/mol. The SMILES string of the molecule is CNC(CSCC(C)CO)c1c(C)cc(C)cc1C. The predicted octanol–water partition coefficient (Wildman–Crippen LogP) is 3.23. The van der Waals surface area contributed by atoms with Crippen molar-refractivity contribution in [3.8, 4) is 0 Å². The molecule has 0 saturated carbocycles. The molecule has 2 nitrogen and oxygen atoms in total. The van der Waals surface area contributed by atoms with Crippen LogP contribution in [0.1, 0.15) is 35.2 Å². The van der Waals surface area contributed by atoms with E-state index in [-0.39, 0.29) is 6.61 Å². The zero-order valence-corrected chi connectivity index (χ0v) is 13.6. The summed E-state index contributed by atoms with van der Waals surface area (Å²) in [6, 6.07) is 4.90. The van der Waals surface area contributed by atoms with Gasteiger partial charge < -0.3 is 10.4 Å². The van der Waals surface area contributed by atoms with E-state index in [1.807, 2.05) is 18.8 Å². The van der Waals surface area contributed by atoms with Crippen LogP contribution in [0.25, 0.3) is 0 Å². The Bertz CT molecular complexity index is 383. The Morgan fingerprint density at radius 2 is 1.74 bits per heavy atom. The van der Waals surface area contributed by atoms with E-state index in [0.29, 0.717) is 12.0 Å². The van der Waals surface area contributed by atoms with Crippen molar-refractivity contribution >= 4 is 11.8 Å². The van der Waals surface area contributed by atoms with Gasteiger partial charge in [-0.1, -0.05) is 24.6 Å². The maximum Gasteiger partial charge on any atom is 0.0464 e. The molecule has 2 atom stereocenters. The predicted molar refractivity (Wildman–Crippen MR) is 86.0 cm³/mol. The van der Waals surface area contributed by atoms with Crippen LogP contribution >= 0.6 is 11.8 Å². The van der Waals surface area contributed by atoms with Crippen molar-refractivity contribution in [2.45, 2.75) is 33.7 Å². The largest absolute Gasteiger partial charge is 0.396 e. The van der Waals surface area contributed by atoms with E-state index in [1.54, 1.807) is 0 Å². The standard InChI is InChI=1S/C16H27NOS/c1-11-6-13(3)16(14(4)7-11)15(17-5)10-19-9-12(2)8-18/h6-7,12,15,17-18H,8-10H2,1-5H3. The zero-order chi connectivity index (χ0) is 14.4. The molecule has 0 spiro atoms. The fourth-order valence-corrected chi connectivity index (χ4v) is 3.70. The Kier molecular flexibility index (Phi) is 6.90. The average molecular weight is 281 g/mol. The van der Waals surface area contributed by atoms with Crippen LogP contribution in [-0.4, -0.2) is 30.3 Å². The van der Waals surface area contributed by atoms with Crippen molar-refractivity contribution in [3.05, 3.63) is 34.4 Å². The molecule has 1 rings (SSSR count). The maximum atomic E-state index is 9.06. The Morgan fingerprint density at radius 3 is 2.21 bits per heavy atom. The van der Waals surface area contributed by atoms with E-state index in [1.165, 1.54) is 22.3 Å². The molecular formula is C16H27NOS. The lowest BCUT2D eigenvalue weighted by molar-refractivity contribution is 0.250. The number of aliphatic hydroxyl groups excluding tert-OH is 1. The molecule has 0 aliphatic heterocycles. The molecule has 0 aliphatic carbocycles. The van der Waals surface area contributed by atoms with E-state index in [0.717, 1.165) is 11.5 Å². The van der Waals surface area contributed by atoms with E-state index in [4.69, 9.17) is 5.11 Å². The molecule has 0 aliphatic rings. The van der Waals surface area contributed by atoms with Gasteiger partial charge in [-0.25, -0.2) is 0 Å². The first-order chi connectivity index (χ1) is 8.99. The van der Waals surface area contributed by atoms with Gasteiger partial charge in [-0.3, -0.25) is 0 Å². The summed E-state index contributed by atoms with van der Waals surface area (Å²) in [5.41, 5.74) is 5.49. The minimum Gasteiger partial charge on any atom is -0.396 e. The minimum atomic E-state index is 0.278. The fraction of sp³-hybridized carbons (Fsp3) is 0.625. The number of thioether (sulfide) groups is 1. The minimum absolute atomic E-state index is 0.278. The van der Waals surface area contributed by atoms with Gasteiger partial charge in [-0.05, 0) is 56.2 Å². The third-order valence-electron chi connectivity index (χ3n) is 3.43. The van der Waals surface area contributed by atoms with Gasteiger partial charge in [0.05, 0.1) is 0 Å². The van der Waals surface area contributed by atoms with Crippen molar-refractivity contribution in [1.82, 2.24) is 5.32 Å². The fourth-order valence-electron chi connectivity index (χ4n) is 2.49. The van der Waals surface area contributed by atoms with E-state index >= 15 is 0 Å². The first-order valence-corrected chi connectivity index (χ1v) is 8.08. The molecule has 0 radical (unpaired) electrons. The summed E-state index contributed by atoms with van der Waals surface area (Å²) in [6.45, 7) is 8.90. The Labute approximate surface area is 122 Å².